The lowest BCUT2D eigenvalue weighted by atomic mass is 9.88. The predicted octanol–water partition coefficient (Wildman–Crippen LogP) is 1.33. The maximum atomic E-state index is 13.1. The lowest BCUT2D eigenvalue weighted by Crippen LogP contribution is -2.58. The summed E-state index contributed by atoms with van der Waals surface area (Å²) in [4.78, 5) is 39.7. The van der Waals surface area contributed by atoms with E-state index in [1.165, 1.54) is 11.7 Å². The van der Waals surface area contributed by atoms with Crippen molar-refractivity contribution in [3.63, 3.8) is 0 Å². The number of methoxy groups -OCH3 is 1. The zero-order valence-corrected chi connectivity index (χ0v) is 14.2. The van der Waals surface area contributed by atoms with Gasteiger partial charge in [0.1, 0.15) is 5.75 Å². The van der Waals surface area contributed by atoms with Crippen LogP contribution in [0.1, 0.15) is 31.7 Å². The van der Waals surface area contributed by atoms with Crippen LogP contribution in [0.4, 0.5) is 10.5 Å². The predicted molar refractivity (Wildman–Crippen MR) is 91.5 cm³/mol. The van der Waals surface area contributed by atoms with E-state index >= 15 is 0 Å². The molecule has 8 nitrogen and oxygen atoms in total. The van der Waals surface area contributed by atoms with Crippen molar-refractivity contribution < 1.29 is 9.53 Å². The van der Waals surface area contributed by atoms with Crippen LogP contribution in [-0.4, -0.2) is 33.1 Å². The highest BCUT2D eigenvalue weighted by atomic mass is 16.5. The van der Waals surface area contributed by atoms with Crippen molar-refractivity contribution in [2.24, 2.45) is 7.05 Å². The molecule has 1 saturated carbocycles. The summed E-state index contributed by atoms with van der Waals surface area (Å²) in [5, 5.41) is 0. The maximum absolute atomic E-state index is 13.1. The van der Waals surface area contributed by atoms with Crippen LogP contribution in [0, 0.1) is 0 Å². The highest BCUT2D eigenvalue weighted by Crippen LogP contribution is 2.37. The molecule has 2 aliphatic rings. The van der Waals surface area contributed by atoms with Gasteiger partial charge in [-0.1, -0.05) is 12.8 Å². The van der Waals surface area contributed by atoms with Gasteiger partial charge in [0.15, 0.2) is 0 Å². The van der Waals surface area contributed by atoms with E-state index in [1.807, 2.05) is 12.1 Å². The van der Waals surface area contributed by atoms with Gasteiger partial charge in [0.25, 0.3) is 0 Å². The van der Waals surface area contributed by atoms with E-state index in [2.05, 4.69) is 0 Å². The Morgan fingerprint density at radius 2 is 1.60 bits per heavy atom. The number of nitrogens with zero attached hydrogens (tertiary/aromatic N) is 4. The number of ether oxygens (including phenoxy) is 1. The Kier molecular flexibility index (Phi) is 3.55. The van der Waals surface area contributed by atoms with E-state index < -0.39 is 17.4 Å². The van der Waals surface area contributed by atoms with Gasteiger partial charge in [0.2, 0.25) is 0 Å². The molecule has 4 rings (SSSR count). The summed E-state index contributed by atoms with van der Waals surface area (Å²) in [5.41, 5.74) is -0.320. The fourth-order valence-corrected chi connectivity index (χ4v) is 3.99. The molecule has 0 unspecified atom stereocenters. The van der Waals surface area contributed by atoms with Gasteiger partial charge in [-0.25, -0.2) is 23.6 Å². The lowest BCUT2D eigenvalue weighted by molar-refractivity contribution is 0.189. The second-order valence-electron chi connectivity index (χ2n) is 6.55. The highest BCUT2D eigenvalue weighted by molar-refractivity contribution is 5.94. The van der Waals surface area contributed by atoms with Crippen LogP contribution < -0.4 is 21.0 Å². The lowest BCUT2D eigenvalue weighted by Gasteiger charge is -2.43. The van der Waals surface area contributed by atoms with Gasteiger partial charge >= 0.3 is 17.4 Å². The van der Waals surface area contributed by atoms with Gasteiger partial charge in [0.05, 0.1) is 19.2 Å². The molecule has 1 aliphatic carbocycles. The summed E-state index contributed by atoms with van der Waals surface area (Å²) in [5.74, 6) is 0.696. The summed E-state index contributed by atoms with van der Waals surface area (Å²) in [6.07, 6.45) is 3.54. The second-order valence-corrected chi connectivity index (χ2v) is 6.55. The van der Waals surface area contributed by atoms with Crippen LogP contribution in [0.25, 0.3) is 0 Å². The van der Waals surface area contributed by atoms with Crippen LogP contribution in [0.3, 0.4) is 0 Å². The third-order valence-electron chi connectivity index (χ3n) is 5.24. The van der Waals surface area contributed by atoms with Crippen molar-refractivity contribution in [2.75, 3.05) is 12.0 Å². The molecule has 0 N–H and O–H groups in total. The summed E-state index contributed by atoms with van der Waals surface area (Å²) < 4.78 is 8.52. The average Bonchev–Trinajstić information content (AvgIpc) is 2.87. The molecular weight excluding hydrogens is 324 g/mol. The van der Waals surface area contributed by atoms with Crippen LogP contribution in [0.5, 0.6) is 5.75 Å². The monoisotopic (exact) mass is 344 g/mol. The summed E-state index contributed by atoms with van der Waals surface area (Å²) in [6, 6.07) is 6.40. The molecule has 2 aromatic rings. The second kappa shape index (κ2) is 5.65. The van der Waals surface area contributed by atoms with Crippen molar-refractivity contribution >= 4 is 11.7 Å². The van der Waals surface area contributed by atoms with Crippen molar-refractivity contribution in [1.82, 2.24) is 13.9 Å². The Hall–Kier alpha value is -2.77. The van der Waals surface area contributed by atoms with Gasteiger partial charge in [-0.15, -0.1) is 4.68 Å². The Bertz CT molecular complexity index is 937. The third-order valence-corrected chi connectivity index (χ3v) is 5.24. The molecule has 8 heteroatoms. The number of fused-ring (bicyclic) bond motifs is 3. The third kappa shape index (κ3) is 2.16. The topological polar surface area (TPSA) is 78.5 Å². The quantitative estimate of drug-likeness (QED) is 0.823. The average molecular weight is 344 g/mol. The number of aromatic nitrogens is 3. The molecule has 0 bridgehead atoms. The molecule has 1 aliphatic heterocycles. The molecule has 1 aromatic heterocycles. The largest absolute Gasteiger partial charge is 0.497 e. The van der Waals surface area contributed by atoms with Crippen molar-refractivity contribution in [2.45, 2.75) is 37.8 Å². The number of amides is 1. The van der Waals surface area contributed by atoms with Crippen LogP contribution in [0.15, 0.2) is 33.9 Å². The Morgan fingerprint density at radius 1 is 0.960 bits per heavy atom. The molecule has 132 valence electrons. The zero-order chi connectivity index (χ0) is 17.7. The first-order chi connectivity index (χ1) is 12.0. The molecule has 2 heterocycles. The van der Waals surface area contributed by atoms with E-state index in [-0.39, 0.29) is 12.1 Å². The molecule has 25 heavy (non-hydrogen) atoms. The fraction of sp³-hybridized carbons (Fsp3) is 0.471. The van der Waals surface area contributed by atoms with Crippen molar-refractivity contribution in [1.29, 1.82) is 0 Å². The number of anilines is 1. The van der Waals surface area contributed by atoms with Gasteiger partial charge in [0, 0.05) is 12.7 Å². The van der Waals surface area contributed by atoms with Crippen molar-refractivity contribution in [3.8, 4) is 5.75 Å². The van der Waals surface area contributed by atoms with E-state index in [4.69, 9.17) is 4.74 Å². The summed E-state index contributed by atoms with van der Waals surface area (Å²) >= 11 is 0. The van der Waals surface area contributed by atoms with Gasteiger partial charge in [-0.3, -0.25) is 4.90 Å². The molecule has 0 radical (unpaired) electrons. The number of carbonyl (C=O) groups is 1. The van der Waals surface area contributed by atoms with Crippen LogP contribution in [-0.2, 0) is 7.05 Å². The minimum atomic E-state index is -0.600. The summed E-state index contributed by atoms with van der Waals surface area (Å²) in [6.45, 7) is 0. The first kappa shape index (κ1) is 15.7. The molecular formula is C17H20N4O4. The fourth-order valence-electron chi connectivity index (χ4n) is 3.99. The highest BCUT2D eigenvalue weighted by Gasteiger charge is 2.44. The minimum absolute atomic E-state index is 0.130. The minimum Gasteiger partial charge on any atom is -0.497 e. The number of benzene rings is 1. The van der Waals surface area contributed by atoms with E-state index in [1.54, 1.807) is 24.1 Å². The zero-order valence-electron chi connectivity index (χ0n) is 14.2. The smallest absolute Gasteiger partial charge is 0.355 e. The van der Waals surface area contributed by atoms with Crippen LogP contribution >= 0.6 is 0 Å². The van der Waals surface area contributed by atoms with E-state index in [0.29, 0.717) is 11.4 Å². The van der Waals surface area contributed by atoms with Crippen molar-refractivity contribution in [3.05, 3.63) is 45.2 Å². The van der Waals surface area contributed by atoms with E-state index in [0.717, 1.165) is 34.9 Å². The maximum Gasteiger partial charge on any atom is 0.355 e. The summed E-state index contributed by atoms with van der Waals surface area (Å²) in [7, 11) is 2.99. The standard InChI is InChI=1S/C17H20N4O4/c1-18-15(22)20-14-6-4-3-5-13(14)19(17(24)21(20)16(18)23)11-7-9-12(25-2)10-8-11/h7-10,13-14H,3-6H2,1-2H3/t13-,14+/m1/s1. The number of carbonyl (C=O) groups excluding carboxylic acids is 1. The van der Waals surface area contributed by atoms with Gasteiger partial charge in [-0.05, 0) is 37.1 Å². The van der Waals surface area contributed by atoms with Gasteiger partial charge in [-0.2, -0.15) is 0 Å². The molecule has 1 amide bonds. The Balaban J connectivity index is 1.90. The molecule has 1 fully saturated rings. The van der Waals surface area contributed by atoms with E-state index in [9.17, 15) is 14.4 Å². The SMILES string of the molecule is COc1ccc(N2C(=O)n3c(=O)n(C)c(=O)n3[C@H]3CCCC[C@H]32)cc1. The van der Waals surface area contributed by atoms with Crippen LogP contribution in [0.2, 0.25) is 0 Å². The normalized spacial score (nSPS) is 22.5. The first-order valence-electron chi connectivity index (χ1n) is 8.42. The molecule has 1 aromatic carbocycles. The Labute approximate surface area is 143 Å². The molecule has 0 saturated heterocycles. The number of rotatable bonds is 2. The number of hydrogen-bond donors (Lipinski definition) is 0. The first-order valence-corrected chi connectivity index (χ1v) is 8.42. The number of hydrogen-bond acceptors (Lipinski definition) is 4. The molecule has 2 atom stereocenters. The van der Waals surface area contributed by atoms with Gasteiger partial charge < -0.3 is 4.74 Å². The molecule has 0 spiro atoms. The Morgan fingerprint density at radius 3 is 2.24 bits per heavy atom.